The molecule has 0 aromatic carbocycles. The Morgan fingerprint density at radius 1 is 0.284 bits per heavy atom. The van der Waals surface area contributed by atoms with Crippen LogP contribution < -0.4 is 5.73 Å². The Morgan fingerprint density at radius 2 is 0.457 bits per heavy atom. The fourth-order valence-corrected chi connectivity index (χ4v) is 12.6. The first-order chi connectivity index (χ1) is 37.3. The van der Waals surface area contributed by atoms with E-state index in [9.17, 15) is 41.4 Å². The normalized spacial score (nSPS) is 20.3. The zero-order valence-corrected chi connectivity index (χ0v) is 53.6. The van der Waals surface area contributed by atoms with Gasteiger partial charge in [-0.3, -0.25) is 40.8 Å². The van der Waals surface area contributed by atoms with Gasteiger partial charge in [0, 0.05) is 13.2 Å². The number of phosphoric ester groups is 7. The molecule has 0 aromatic heterocycles. The molecular weight excluding hydrogens is 1250 g/mol. The van der Waals surface area contributed by atoms with Crippen LogP contribution in [0.4, 0.5) is 0 Å². The van der Waals surface area contributed by atoms with Crippen LogP contribution in [0.2, 0.25) is 0 Å². The van der Waals surface area contributed by atoms with Crippen LogP contribution in [0.3, 0.4) is 0 Å². The molecular formula is C41H95NO31P8. The lowest BCUT2D eigenvalue weighted by molar-refractivity contribution is -0.202. The number of hydrogen-bond donors (Lipinski definition) is 15. The van der Waals surface area contributed by atoms with Gasteiger partial charge in [0.05, 0.1) is 19.8 Å². The van der Waals surface area contributed by atoms with Gasteiger partial charge in [-0.05, 0) is 12.8 Å². The second kappa shape index (κ2) is 44.3. The largest absolute Gasteiger partial charge is 0.472 e. The lowest BCUT2D eigenvalue weighted by Crippen LogP contribution is -2.66. The molecule has 0 heterocycles. The average Bonchev–Trinajstić information content (AvgIpc) is 3.29. The second-order valence-electron chi connectivity index (χ2n) is 19.1. The van der Waals surface area contributed by atoms with E-state index in [2.05, 4.69) is 45.5 Å². The van der Waals surface area contributed by atoms with Gasteiger partial charge in [0.15, 0.2) is 0 Å². The maximum Gasteiger partial charge on any atom is 0.472 e. The summed E-state index contributed by atoms with van der Waals surface area (Å²) in [6.07, 6.45) is 17.5. The van der Waals surface area contributed by atoms with Gasteiger partial charge in [-0.15, -0.1) is 0 Å². The van der Waals surface area contributed by atoms with Crippen molar-refractivity contribution in [2.45, 2.75) is 230 Å². The Balaban J connectivity index is 0. The highest BCUT2D eigenvalue weighted by atomic mass is 31.2. The van der Waals surface area contributed by atoms with Crippen molar-refractivity contribution >= 4 is 62.4 Å². The summed E-state index contributed by atoms with van der Waals surface area (Å²) in [5.41, 5.74) is 4.98. The van der Waals surface area contributed by atoms with E-state index in [-0.39, 0.29) is 13.2 Å². The van der Waals surface area contributed by atoms with Gasteiger partial charge in [-0.2, -0.15) is 0 Å². The van der Waals surface area contributed by atoms with Crippen molar-refractivity contribution in [3.8, 4) is 0 Å². The summed E-state index contributed by atoms with van der Waals surface area (Å²) in [6.45, 7) is 6.74. The molecule has 0 amide bonds. The van der Waals surface area contributed by atoms with Crippen molar-refractivity contribution in [2.75, 3.05) is 33.0 Å². The van der Waals surface area contributed by atoms with Crippen LogP contribution in [0.25, 0.3) is 0 Å². The predicted molar refractivity (Wildman–Crippen MR) is 295 cm³/mol. The molecule has 0 radical (unpaired) electrons. The molecule has 0 spiro atoms. The van der Waals surface area contributed by atoms with E-state index in [1.807, 2.05) is 0 Å². The number of rotatable bonds is 47. The summed E-state index contributed by atoms with van der Waals surface area (Å²) < 4.78 is 130. The molecule has 490 valence electrons. The lowest BCUT2D eigenvalue weighted by atomic mass is 9.85. The lowest BCUT2D eigenvalue weighted by Gasteiger charge is -2.48. The fourth-order valence-electron chi connectivity index (χ4n) is 8.01. The average molecular weight is 1350 g/mol. The van der Waals surface area contributed by atoms with Crippen LogP contribution in [0, 0.1) is 0 Å². The van der Waals surface area contributed by atoms with Crippen LogP contribution in [0.1, 0.15) is 194 Å². The van der Waals surface area contributed by atoms with Crippen molar-refractivity contribution in [1.29, 1.82) is 0 Å². The van der Waals surface area contributed by atoms with Crippen molar-refractivity contribution in [3.05, 3.63) is 0 Å². The van der Waals surface area contributed by atoms with Crippen LogP contribution in [0.5, 0.6) is 0 Å². The SMILES string of the molecule is CCCCCCCCCCCCCCCCOP(=O)(O)OCCCCCCCCCCCCCCCC.CP(=O)(O)OCCN.O=P(O)(O)OC1C(OP(=O)(O)O)C(OP(=O)(O)O)C(OP(=O)(O)O)C(OP(=O)(O)O)C1OP(=O)(O)O. The van der Waals surface area contributed by atoms with Crippen LogP contribution >= 0.6 is 62.4 Å². The zero-order valence-electron chi connectivity index (χ0n) is 46.4. The van der Waals surface area contributed by atoms with E-state index in [0.717, 1.165) is 32.3 Å². The van der Waals surface area contributed by atoms with Crippen molar-refractivity contribution < 1.29 is 146 Å². The highest BCUT2D eigenvalue weighted by Gasteiger charge is 2.62. The number of phosphoric acid groups is 7. The van der Waals surface area contributed by atoms with Gasteiger partial charge < -0.3 is 78.8 Å². The smallest absolute Gasteiger partial charge is 0.328 e. The van der Waals surface area contributed by atoms with Crippen LogP contribution in [-0.2, 0) is 77.2 Å². The van der Waals surface area contributed by atoms with E-state index >= 15 is 0 Å². The molecule has 1 atom stereocenters. The Bertz CT molecular complexity index is 1740. The predicted octanol–water partition coefficient (Wildman–Crippen LogP) is 8.73. The minimum Gasteiger partial charge on any atom is -0.328 e. The summed E-state index contributed by atoms with van der Waals surface area (Å²) in [5.74, 6) is 0. The van der Waals surface area contributed by atoms with E-state index in [4.69, 9.17) is 78.4 Å². The molecule has 1 aliphatic rings. The van der Waals surface area contributed by atoms with Gasteiger partial charge in [0.2, 0.25) is 0 Å². The van der Waals surface area contributed by atoms with E-state index < -0.39 is 99.0 Å². The zero-order chi connectivity index (χ0) is 62.5. The first-order valence-corrected chi connectivity index (χ1v) is 39.7. The van der Waals surface area contributed by atoms with Gasteiger partial charge >= 0.3 is 62.4 Å². The van der Waals surface area contributed by atoms with Crippen molar-refractivity contribution in [3.63, 3.8) is 0 Å². The number of unbranched alkanes of at least 4 members (excludes halogenated alkanes) is 26. The molecule has 0 saturated heterocycles. The molecule has 81 heavy (non-hydrogen) atoms. The standard InChI is InChI=1S/C32H67O4P.C6H18O24P6.C3H10NO3P/c1-3-5-7-9-11-13-15-17-19-21-23-25-27-29-31-35-37(33,34)36-32-30-28-26-24-22-20-18-16-14-12-10-8-6-4-2;7-31(8,9)25-1-2(26-32(10,11)12)4(28-34(16,17)18)6(30-36(22,23)24)5(29-35(19,20)21)3(1)27-33(13,14)15;1-8(5,6)7-3-2-4/h3-32H2,1-2H3,(H,33,34);1-6H,(H2,7,8,9)(H2,10,11,12)(H2,13,14,15)(H2,16,17,18)(H2,19,20,21)(H2,22,23,24);2-4H2,1H3,(H,5,6). The summed E-state index contributed by atoms with van der Waals surface area (Å²) in [5, 5.41) is 0. The Hall–Kier alpha value is 0.880. The van der Waals surface area contributed by atoms with E-state index in [1.54, 1.807) is 0 Å². The molecule has 0 bridgehead atoms. The molecule has 0 aliphatic heterocycles. The molecule has 40 heteroatoms. The van der Waals surface area contributed by atoms with Crippen molar-refractivity contribution in [1.82, 2.24) is 0 Å². The van der Waals surface area contributed by atoms with Gasteiger partial charge in [0.25, 0.3) is 0 Å². The topological polar surface area (TPSA) is 529 Å². The van der Waals surface area contributed by atoms with Gasteiger partial charge in [0.1, 0.15) is 36.6 Å². The molecule has 1 unspecified atom stereocenters. The van der Waals surface area contributed by atoms with Crippen molar-refractivity contribution in [2.24, 2.45) is 5.73 Å². The molecule has 1 rings (SSSR count). The Labute approximate surface area is 475 Å². The molecule has 1 fully saturated rings. The summed E-state index contributed by atoms with van der Waals surface area (Å²) >= 11 is 0. The molecule has 1 saturated carbocycles. The third-order valence-corrected chi connectivity index (χ3v) is 16.2. The maximum absolute atomic E-state index is 12.0. The summed E-state index contributed by atoms with van der Waals surface area (Å²) in [6, 6.07) is 0. The first kappa shape index (κ1) is 83.9. The quantitative estimate of drug-likeness (QED) is 0.0200. The van der Waals surface area contributed by atoms with E-state index in [0.29, 0.717) is 13.2 Å². The molecule has 32 nitrogen and oxygen atoms in total. The van der Waals surface area contributed by atoms with Crippen LogP contribution in [0.15, 0.2) is 0 Å². The highest BCUT2D eigenvalue weighted by molar-refractivity contribution is 7.52. The maximum atomic E-state index is 12.0. The molecule has 0 aromatic rings. The summed E-state index contributed by atoms with van der Waals surface area (Å²) in [4.78, 5) is 128. The highest BCUT2D eigenvalue weighted by Crippen LogP contribution is 2.57. The minimum atomic E-state index is -6.02. The fraction of sp³-hybridized carbons (Fsp3) is 1.00. The monoisotopic (exact) mass is 1350 g/mol. The summed E-state index contributed by atoms with van der Waals surface area (Å²) in [7, 11) is -43.2. The van der Waals surface area contributed by atoms with Crippen LogP contribution in [-0.4, -0.2) is 138 Å². The second-order valence-corrected chi connectivity index (χ2v) is 29.6. The Morgan fingerprint density at radius 3 is 0.593 bits per heavy atom. The first-order valence-electron chi connectivity index (χ1n) is 27.0. The third kappa shape index (κ3) is 54.7. The molecule has 16 N–H and O–H groups in total. The number of nitrogens with two attached hydrogens (primary N) is 1. The van der Waals surface area contributed by atoms with E-state index in [1.165, 1.54) is 154 Å². The molecule has 1 aliphatic carbocycles. The number of hydrogen-bond acceptors (Lipinski definition) is 18. The van der Waals surface area contributed by atoms with Gasteiger partial charge in [-0.1, -0.05) is 181 Å². The van der Waals surface area contributed by atoms with Gasteiger partial charge in [-0.25, -0.2) is 32.0 Å². The minimum absolute atomic E-state index is 0.143. The Kier molecular flexibility index (Phi) is 46.0. The third-order valence-electron chi connectivity index (χ3n) is 11.5.